The van der Waals surface area contributed by atoms with Crippen LogP contribution in [0.2, 0.25) is 0 Å². The van der Waals surface area contributed by atoms with E-state index in [2.05, 4.69) is 11.4 Å². The maximum absolute atomic E-state index is 12.1. The van der Waals surface area contributed by atoms with Crippen LogP contribution in [0.4, 0.5) is 0 Å². The lowest BCUT2D eigenvalue weighted by atomic mass is 10.1. The van der Waals surface area contributed by atoms with Gasteiger partial charge in [-0.1, -0.05) is 42.5 Å². The van der Waals surface area contributed by atoms with Crippen LogP contribution in [-0.4, -0.2) is 19.1 Å². The zero-order chi connectivity index (χ0) is 16.5. The van der Waals surface area contributed by atoms with Gasteiger partial charge in [0.15, 0.2) is 0 Å². The molecule has 4 nitrogen and oxygen atoms in total. The first-order valence-corrected chi connectivity index (χ1v) is 7.68. The minimum Gasteiger partial charge on any atom is -0.465 e. The first kappa shape index (κ1) is 16.7. The van der Waals surface area contributed by atoms with Crippen LogP contribution in [-0.2, 0) is 16.0 Å². The van der Waals surface area contributed by atoms with E-state index in [1.54, 1.807) is 19.1 Å². The molecule has 1 N–H and O–H groups in total. The Morgan fingerprint density at radius 2 is 1.87 bits per heavy atom. The van der Waals surface area contributed by atoms with Gasteiger partial charge >= 0.3 is 5.97 Å². The summed E-state index contributed by atoms with van der Waals surface area (Å²) in [6, 6.07) is 18.7. The number of nitriles is 1. The molecule has 0 aliphatic heterocycles. The summed E-state index contributed by atoms with van der Waals surface area (Å²) < 4.78 is 5.15. The fraction of sp³-hybridized carbons (Fsp3) is 0.263. The summed E-state index contributed by atoms with van der Waals surface area (Å²) in [5.74, 6) is -0.265. The van der Waals surface area contributed by atoms with Crippen molar-refractivity contribution in [3.63, 3.8) is 0 Å². The van der Waals surface area contributed by atoms with Gasteiger partial charge in [-0.05, 0) is 36.6 Å². The van der Waals surface area contributed by atoms with Gasteiger partial charge in [0.05, 0.1) is 18.2 Å². The molecule has 2 rings (SSSR count). The van der Waals surface area contributed by atoms with Crippen LogP contribution in [0.3, 0.4) is 0 Å². The number of nitrogens with zero attached hydrogens (tertiary/aromatic N) is 1. The lowest BCUT2D eigenvalue weighted by Crippen LogP contribution is -2.31. The molecule has 0 aromatic heterocycles. The second kappa shape index (κ2) is 8.72. The minimum atomic E-state index is -0.463. The summed E-state index contributed by atoms with van der Waals surface area (Å²) in [4.78, 5) is 12.1. The SMILES string of the molecule is CCOC(=O)[C@@H](NCCc1ccc(C#N)cc1)c1ccccc1. The fourth-order valence-corrected chi connectivity index (χ4v) is 2.32. The number of carbonyl (C=O) groups excluding carboxylic acids is 1. The topological polar surface area (TPSA) is 62.1 Å². The Hall–Kier alpha value is -2.64. The Bertz CT molecular complexity index is 660. The highest BCUT2D eigenvalue weighted by Crippen LogP contribution is 2.14. The van der Waals surface area contributed by atoms with E-state index in [1.165, 1.54) is 0 Å². The molecule has 0 bridgehead atoms. The second-order valence-corrected chi connectivity index (χ2v) is 5.11. The normalized spacial score (nSPS) is 11.5. The lowest BCUT2D eigenvalue weighted by Gasteiger charge is -2.17. The molecule has 2 aromatic rings. The Morgan fingerprint density at radius 1 is 1.17 bits per heavy atom. The highest BCUT2D eigenvalue weighted by atomic mass is 16.5. The fourth-order valence-electron chi connectivity index (χ4n) is 2.32. The van der Waals surface area contributed by atoms with Crippen molar-refractivity contribution in [2.75, 3.05) is 13.2 Å². The van der Waals surface area contributed by atoms with Gasteiger partial charge in [-0.15, -0.1) is 0 Å². The molecule has 0 saturated heterocycles. The maximum atomic E-state index is 12.1. The predicted molar refractivity (Wildman–Crippen MR) is 88.7 cm³/mol. The second-order valence-electron chi connectivity index (χ2n) is 5.11. The van der Waals surface area contributed by atoms with Crippen molar-refractivity contribution in [2.24, 2.45) is 0 Å². The standard InChI is InChI=1S/C19H20N2O2/c1-2-23-19(22)18(17-6-4-3-5-7-17)21-13-12-15-8-10-16(14-20)11-9-15/h3-11,18,21H,2,12-13H2,1H3/t18-/m0/s1. The number of hydrogen-bond donors (Lipinski definition) is 1. The quantitative estimate of drug-likeness (QED) is 0.799. The molecule has 0 heterocycles. The van der Waals surface area contributed by atoms with Crippen LogP contribution in [0.5, 0.6) is 0 Å². The van der Waals surface area contributed by atoms with E-state index < -0.39 is 6.04 Å². The zero-order valence-electron chi connectivity index (χ0n) is 13.2. The van der Waals surface area contributed by atoms with Crippen molar-refractivity contribution >= 4 is 5.97 Å². The molecule has 0 fully saturated rings. The predicted octanol–water partition coefficient (Wildman–Crippen LogP) is 2.99. The van der Waals surface area contributed by atoms with Gasteiger partial charge in [-0.3, -0.25) is 0 Å². The van der Waals surface area contributed by atoms with Gasteiger partial charge in [0.25, 0.3) is 0 Å². The number of rotatable bonds is 7. The molecular formula is C19H20N2O2. The first-order valence-electron chi connectivity index (χ1n) is 7.68. The monoisotopic (exact) mass is 308 g/mol. The number of ether oxygens (including phenoxy) is 1. The van der Waals surface area contributed by atoms with Crippen LogP contribution < -0.4 is 5.32 Å². The average molecular weight is 308 g/mol. The third kappa shape index (κ3) is 4.94. The Labute approximate surface area is 136 Å². The molecule has 0 aliphatic rings. The van der Waals surface area contributed by atoms with E-state index in [-0.39, 0.29) is 5.97 Å². The van der Waals surface area contributed by atoms with Gasteiger partial charge in [-0.25, -0.2) is 4.79 Å². The van der Waals surface area contributed by atoms with Gasteiger partial charge in [0.1, 0.15) is 6.04 Å². The van der Waals surface area contributed by atoms with Crippen molar-refractivity contribution in [3.8, 4) is 6.07 Å². The number of hydrogen-bond acceptors (Lipinski definition) is 4. The highest BCUT2D eigenvalue weighted by Gasteiger charge is 2.20. The summed E-state index contributed by atoms with van der Waals surface area (Å²) in [5.41, 5.74) is 2.66. The number of esters is 1. The number of nitrogens with one attached hydrogen (secondary N) is 1. The van der Waals surface area contributed by atoms with E-state index >= 15 is 0 Å². The van der Waals surface area contributed by atoms with Crippen LogP contribution in [0.1, 0.15) is 29.7 Å². The third-order valence-corrected chi connectivity index (χ3v) is 3.50. The largest absolute Gasteiger partial charge is 0.465 e. The summed E-state index contributed by atoms with van der Waals surface area (Å²) >= 11 is 0. The minimum absolute atomic E-state index is 0.265. The molecule has 1 atom stereocenters. The third-order valence-electron chi connectivity index (χ3n) is 3.50. The molecule has 0 unspecified atom stereocenters. The highest BCUT2D eigenvalue weighted by molar-refractivity contribution is 5.77. The Balaban J connectivity index is 1.98. The van der Waals surface area contributed by atoms with Gasteiger partial charge in [0, 0.05) is 6.54 Å². The van der Waals surface area contributed by atoms with Crippen molar-refractivity contribution in [3.05, 3.63) is 71.3 Å². The van der Waals surface area contributed by atoms with E-state index in [1.807, 2.05) is 42.5 Å². The Kier molecular flexibility index (Phi) is 6.34. The molecular weight excluding hydrogens is 288 g/mol. The molecule has 0 saturated carbocycles. The number of carbonyl (C=O) groups is 1. The van der Waals surface area contributed by atoms with Crippen molar-refractivity contribution in [2.45, 2.75) is 19.4 Å². The van der Waals surface area contributed by atoms with Gasteiger partial charge in [-0.2, -0.15) is 5.26 Å². The Morgan fingerprint density at radius 3 is 2.48 bits per heavy atom. The van der Waals surface area contributed by atoms with Crippen molar-refractivity contribution < 1.29 is 9.53 Å². The van der Waals surface area contributed by atoms with E-state index in [9.17, 15) is 4.79 Å². The zero-order valence-corrected chi connectivity index (χ0v) is 13.2. The van der Waals surface area contributed by atoms with Crippen LogP contribution >= 0.6 is 0 Å². The molecule has 4 heteroatoms. The van der Waals surface area contributed by atoms with Crippen LogP contribution in [0, 0.1) is 11.3 Å². The lowest BCUT2D eigenvalue weighted by molar-refractivity contribution is -0.145. The van der Waals surface area contributed by atoms with Crippen LogP contribution in [0.15, 0.2) is 54.6 Å². The van der Waals surface area contributed by atoms with E-state index in [4.69, 9.17) is 10.00 Å². The smallest absolute Gasteiger partial charge is 0.327 e. The molecule has 0 spiro atoms. The molecule has 23 heavy (non-hydrogen) atoms. The van der Waals surface area contributed by atoms with Crippen LogP contribution in [0.25, 0.3) is 0 Å². The van der Waals surface area contributed by atoms with E-state index in [0.29, 0.717) is 18.7 Å². The van der Waals surface area contributed by atoms with E-state index in [0.717, 1.165) is 17.5 Å². The first-order chi connectivity index (χ1) is 11.2. The van der Waals surface area contributed by atoms with Crippen molar-refractivity contribution in [1.82, 2.24) is 5.32 Å². The molecule has 118 valence electrons. The summed E-state index contributed by atoms with van der Waals surface area (Å²) in [5, 5.41) is 12.1. The summed E-state index contributed by atoms with van der Waals surface area (Å²) in [7, 11) is 0. The molecule has 0 radical (unpaired) electrons. The van der Waals surface area contributed by atoms with Gasteiger partial charge in [0.2, 0.25) is 0 Å². The molecule has 0 amide bonds. The van der Waals surface area contributed by atoms with Crippen molar-refractivity contribution in [1.29, 1.82) is 5.26 Å². The number of benzene rings is 2. The van der Waals surface area contributed by atoms with Gasteiger partial charge < -0.3 is 10.1 Å². The summed E-state index contributed by atoms with van der Waals surface area (Å²) in [6.07, 6.45) is 0.772. The maximum Gasteiger partial charge on any atom is 0.327 e. The molecule has 0 aliphatic carbocycles. The average Bonchev–Trinajstić information content (AvgIpc) is 2.60. The molecule has 2 aromatic carbocycles. The summed E-state index contributed by atoms with van der Waals surface area (Å²) in [6.45, 7) is 2.81.